The van der Waals surface area contributed by atoms with Crippen LogP contribution in [0.15, 0.2) is 58.1 Å². The number of aliphatic imine (C=N–C) groups is 1. The summed E-state index contributed by atoms with van der Waals surface area (Å²) < 4.78 is 11.5. The van der Waals surface area contributed by atoms with Crippen molar-refractivity contribution in [3.05, 3.63) is 69.3 Å². The molecule has 2 aromatic rings. The van der Waals surface area contributed by atoms with Gasteiger partial charge in [0.2, 0.25) is 5.17 Å². The molecule has 0 unspecified atom stereocenters. The highest BCUT2D eigenvalue weighted by molar-refractivity contribution is 8.26. The third-order valence-electron chi connectivity index (χ3n) is 6.13. The van der Waals surface area contributed by atoms with Crippen molar-refractivity contribution in [2.24, 2.45) is 10.1 Å². The van der Waals surface area contributed by atoms with Gasteiger partial charge in [0.1, 0.15) is 29.8 Å². The number of carbonyl (C=O) groups excluding carboxylic acids is 1. The van der Waals surface area contributed by atoms with Gasteiger partial charge in [-0.05, 0) is 55.8 Å². The van der Waals surface area contributed by atoms with Crippen molar-refractivity contribution in [2.45, 2.75) is 52.4 Å². The molecule has 0 spiro atoms. The first-order valence-corrected chi connectivity index (χ1v) is 13.8. The minimum absolute atomic E-state index is 0.0199. The molecule has 1 amide bonds. The lowest BCUT2D eigenvalue weighted by Crippen LogP contribution is -2.35. The first-order chi connectivity index (χ1) is 18.9. The van der Waals surface area contributed by atoms with Crippen molar-refractivity contribution >= 4 is 45.5 Å². The number of thioether (sulfide) groups is 1. The van der Waals surface area contributed by atoms with E-state index < -0.39 is 10.8 Å². The summed E-state index contributed by atoms with van der Waals surface area (Å²) >= 11 is 1.31. The van der Waals surface area contributed by atoms with E-state index >= 15 is 0 Å². The van der Waals surface area contributed by atoms with Crippen LogP contribution in [0, 0.1) is 22.4 Å². The maximum Gasteiger partial charge on any atom is 0.283 e. The van der Waals surface area contributed by atoms with E-state index in [0.29, 0.717) is 22.2 Å². The van der Waals surface area contributed by atoms with Crippen LogP contribution in [0.3, 0.4) is 0 Å². The van der Waals surface area contributed by atoms with Gasteiger partial charge in [0.25, 0.3) is 11.6 Å². The topological polar surface area (TPSA) is 130 Å². The second-order valence-electron chi connectivity index (χ2n) is 9.17. The number of fused-ring (bicyclic) bond motifs is 1. The van der Waals surface area contributed by atoms with Crippen LogP contribution < -0.4 is 9.47 Å². The summed E-state index contributed by atoms with van der Waals surface area (Å²) in [5.41, 5.74) is 1.23. The minimum atomic E-state index is -0.599. The van der Waals surface area contributed by atoms with E-state index in [-0.39, 0.29) is 30.3 Å². The zero-order valence-corrected chi connectivity index (χ0v) is 22.8. The predicted molar refractivity (Wildman–Crippen MR) is 154 cm³/mol. The molecule has 0 saturated heterocycles. The summed E-state index contributed by atoms with van der Waals surface area (Å²) in [7, 11) is 0. The summed E-state index contributed by atoms with van der Waals surface area (Å²) in [4.78, 5) is 27.9. The molecule has 2 aliphatic rings. The van der Waals surface area contributed by atoms with Crippen molar-refractivity contribution in [3.8, 4) is 11.5 Å². The zero-order chi connectivity index (χ0) is 27.8. The molecule has 39 heavy (non-hydrogen) atoms. The normalized spacial score (nSPS) is 15.7. The van der Waals surface area contributed by atoms with Crippen LogP contribution in [0.5, 0.6) is 11.5 Å². The maximum atomic E-state index is 12.9. The third-order valence-corrected chi connectivity index (χ3v) is 7.09. The van der Waals surface area contributed by atoms with Crippen molar-refractivity contribution < 1.29 is 19.2 Å². The molecule has 2 aromatic carbocycles. The average molecular weight is 550 g/mol. The molecule has 0 bridgehead atoms. The molecule has 2 heterocycles. The molecule has 204 valence electrons. The largest absolute Gasteiger partial charge is 0.490 e. The zero-order valence-electron chi connectivity index (χ0n) is 22.0. The SMILES string of the molecule is CCCCCCCC1=NN2C(=N)/C(=C/c3cc([N+](=O)[O-])ccc3OCCOc3ccc(C)cc3)C(=O)N=C2S1. The van der Waals surface area contributed by atoms with Crippen molar-refractivity contribution in [1.29, 1.82) is 5.41 Å². The summed E-state index contributed by atoms with van der Waals surface area (Å²) in [6, 6.07) is 11.7. The molecule has 4 rings (SSSR count). The van der Waals surface area contributed by atoms with Gasteiger partial charge in [-0.25, -0.2) is 0 Å². The molecule has 0 aliphatic carbocycles. The fourth-order valence-electron chi connectivity index (χ4n) is 4.01. The van der Waals surface area contributed by atoms with E-state index in [4.69, 9.17) is 14.9 Å². The number of rotatable bonds is 13. The van der Waals surface area contributed by atoms with Gasteiger partial charge in [-0.3, -0.25) is 20.3 Å². The quantitative estimate of drug-likeness (QED) is 0.133. The predicted octanol–water partition coefficient (Wildman–Crippen LogP) is 6.34. The number of nitrogens with one attached hydrogen (secondary N) is 1. The number of nitro benzene ring substituents is 1. The van der Waals surface area contributed by atoms with Crippen molar-refractivity contribution in [1.82, 2.24) is 5.01 Å². The number of ether oxygens (including phenoxy) is 2. The van der Waals surface area contributed by atoms with Crippen molar-refractivity contribution in [2.75, 3.05) is 13.2 Å². The highest BCUT2D eigenvalue weighted by Gasteiger charge is 2.35. The lowest BCUT2D eigenvalue weighted by Gasteiger charge is -2.20. The Labute approximate surface area is 231 Å². The fraction of sp³-hybridized carbons (Fsp3) is 0.357. The maximum absolute atomic E-state index is 12.9. The molecule has 0 saturated carbocycles. The van der Waals surface area contributed by atoms with E-state index in [9.17, 15) is 14.9 Å². The van der Waals surface area contributed by atoms with Crippen LogP contribution in [0.1, 0.15) is 56.6 Å². The number of hydrogen-bond donors (Lipinski definition) is 1. The molecule has 10 nitrogen and oxygen atoms in total. The number of benzene rings is 2. The van der Waals surface area contributed by atoms with Crippen LogP contribution in [0.25, 0.3) is 6.08 Å². The van der Waals surface area contributed by atoms with Crippen LogP contribution in [0.4, 0.5) is 5.69 Å². The first-order valence-electron chi connectivity index (χ1n) is 13.0. The third kappa shape index (κ3) is 7.32. The second-order valence-corrected chi connectivity index (χ2v) is 10.2. The second kappa shape index (κ2) is 13.2. The highest BCUT2D eigenvalue weighted by atomic mass is 32.2. The van der Waals surface area contributed by atoms with Gasteiger partial charge < -0.3 is 9.47 Å². The molecule has 0 aromatic heterocycles. The lowest BCUT2D eigenvalue weighted by atomic mass is 10.1. The van der Waals surface area contributed by atoms with E-state index in [1.165, 1.54) is 60.3 Å². The Morgan fingerprint density at radius 3 is 2.56 bits per heavy atom. The van der Waals surface area contributed by atoms with Gasteiger partial charge in [0, 0.05) is 17.7 Å². The van der Waals surface area contributed by atoms with E-state index in [0.717, 1.165) is 29.9 Å². The van der Waals surface area contributed by atoms with Gasteiger partial charge in [0.05, 0.1) is 10.5 Å². The Kier molecular flexibility index (Phi) is 9.48. The molecule has 0 radical (unpaired) electrons. The fourth-order valence-corrected chi connectivity index (χ4v) is 4.93. The van der Waals surface area contributed by atoms with E-state index in [1.807, 2.05) is 31.2 Å². The first kappa shape index (κ1) is 28.0. The standard InChI is InChI=1S/C28H31N5O5S/c1-3-4-5-6-7-8-25-31-32-26(29)23(27(34)30-28(32)39-25)18-20-17-21(33(35)36)11-14-24(20)38-16-15-37-22-12-9-19(2)10-13-22/h9-14,17-18,29H,3-8,15-16H2,1-2H3/b23-18-,29-26?. The number of aryl methyl sites for hydroxylation is 1. The smallest absolute Gasteiger partial charge is 0.283 e. The van der Waals surface area contributed by atoms with Gasteiger partial charge in [-0.2, -0.15) is 15.1 Å². The summed E-state index contributed by atoms with van der Waals surface area (Å²) in [6.45, 7) is 4.58. The summed E-state index contributed by atoms with van der Waals surface area (Å²) in [6.07, 6.45) is 7.80. The number of hydrogen-bond acceptors (Lipinski definition) is 8. The lowest BCUT2D eigenvalue weighted by molar-refractivity contribution is -0.384. The number of unbranched alkanes of at least 4 members (excludes halogenated alkanes) is 4. The Morgan fingerprint density at radius 2 is 1.82 bits per heavy atom. The Hall–Kier alpha value is -3.99. The van der Waals surface area contributed by atoms with Gasteiger partial charge in [-0.15, -0.1) is 0 Å². The van der Waals surface area contributed by atoms with Crippen molar-refractivity contribution in [3.63, 3.8) is 0 Å². The summed E-state index contributed by atoms with van der Waals surface area (Å²) in [5.74, 6) is 0.300. The number of carbonyl (C=O) groups is 1. The molecule has 11 heteroatoms. The number of non-ortho nitro benzene ring substituents is 1. The Bertz CT molecular complexity index is 1340. The molecular weight excluding hydrogens is 518 g/mol. The molecule has 2 aliphatic heterocycles. The van der Waals surface area contributed by atoms with Crippen LogP contribution in [-0.2, 0) is 4.79 Å². The number of amidine groups is 2. The number of nitrogens with zero attached hydrogens (tertiary/aromatic N) is 4. The molecule has 1 N–H and O–H groups in total. The van der Waals surface area contributed by atoms with E-state index in [2.05, 4.69) is 17.0 Å². The molecule has 0 atom stereocenters. The number of nitro groups is 1. The van der Waals surface area contributed by atoms with Crippen LogP contribution in [0.2, 0.25) is 0 Å². The Morgan fingerprint density at radius 1 is 1.08 bits per heavy atom. The summed E-state index contributed by atoms with van der Waals surface area (Å²) in [5, 5.41) is 27.1. The van der Waals surface area contributed by atoms with Crippen LogP contribution >= 0.6 is 11.8 Å². The van der Waals surface area contributed by atoms with Gasteiger partial charge >= 0.3 is 0 Å². The Balaban J connectivity index is 1.48. The van der Waals surface area contributed by atoms with Gasteiger partial charge in [-0.1, -0.05) is 50.3 Å². The molecular formula is C28H31N5O5S. The molecule has 0 fully saturated rings. The number of hydrazone groups is 1. The monoisotopic (exact) mass is 549 g/mol. The average Bonchev–Trinajstić information content (AvgIpc) is 3.33. The highest BCUT2D eigenvalue weighted by Crippen LogP contribution is 2.32. The van der Waals surface area contributed by atoms with Gasteiger partial charge in [0.15, 0.2) is 5.84 Å². The van der Waals surface area contributed by atoms with E-state index in [1.54, 1.807) is 0 Å². The minimum Gasteiger partial charge on any atom is -0.490 e. The number of amides is 1. The van der Waals surface area contributed by atoms with Crippen LogP contribution in [-0.4, -0.2) is 45.1 Å².